The predicted octanol–water partition coefficient (Wildman–Crippen LogP) is 2.43. The fourth-order valence-corrected chi connectivity index (χ4v) is 3.21. The summed E-state index contributed by atoms with van der Waals surface area (Å²) >= 11 is 0. The first kappa shape index (κ1) is 18.9. The molecule has 0 aliphatic rings. The van der Waals surface area contributed by atoms with Crippen molar-refractivity contribution in [2.75, 3.05) is 18.4 Å². The largest absolute Gasteiger partial charge is 0.325 e. The molecule has 2 rings (SSSR count). The molecule has 1 heterocycles. The summed E-state index contributed by atoms with van der Waals surface area (Å²) in [6, 6.07) is 9.39. The predicted molar refractivity (Wildman–Crippen MR) is 96.6 cm³/mol. The number of pyridine rings is 1. The van der Waals surface area contributed by atoms with E-state index in [2.05, 4.69) is 15.0 Å². The lowest BCUT2D eigenvalue weighted by Gasteiger charge is -2.19. The standard InChI is InChI=1S/C17H22N4O3S/c1-3-21(4-2)17(22)20-15-7-9-16(10-8-15)25(23,24)19-13-14-6-5-11-18-12-14/h5-12,19H,3-4,13H2,1-2H3,(H,20,22). The minimum Gasteiger partial charge on any atom is -0.325 e. The Hall–Kier alpha value is -2.45. The summed E-state index contributed by atoms with van der Waals surface area (Å²) in [5.41, 5.74) is 1.32. The molecule has 1 aromatic heterocycles. The van der Waals surface area contributed by atoms with Crippen LogP contribution >= 0.6 is 0 Å². The summed E-state index contributed by atoms with van der Waals surface area (Å²) in [5, 5.41) is 2.74. The van der Waals surface area contributed by atoms with Crippen LogP contribution in [-0.2, 0) is 16.6 Å². The molecule has 25 heavy (non-hydrogen) atoms. The van der Waals surface area contributed by atoms with E-state index in [1.54, 1.807) is 41.6 Å². The van der Waals surface area contributed by atoms with Gasteiger partial charge in [0.2, 0.25) is 10.0 Å². The van der Waals surface area contributed by atoms with Gasteiger partial charge in [0.25, 0.3) is 0 Å². The highest BCUT2D eigenvalue weighted by Gasteiger charge is 2.14. The lowest BCUT2D eigenvalue weighted by atomic mass is 10.3. The van der Waals surface area contributed by atoms with Crippen LogP contribution in [0.15, 0.2) is 53.7 Å². The molecule has 0 atom stereocenters. The van der Waals surface area contributed by atoms with Gasteiger partial charge in [0, 0.05) is 37.7 Å². The summed E-state index contributed by atoms with van der Waals surface area (Å²) < 4.78 is 27.2. The van der Waals surface area contributed by atoms with Crippen LogP contribution in [0, 0.1) is 0 Å². The average Bonchev–Trinajstić information content (AvgIpc) is 2.62. The maximum atomic E-state index is 12.3. The van der Waals surface area contributed by atoms with E-state index in [0.29, 0.717) is 18.8 Å². The van der Waals surface area contributed by atoms with Crippen molar-refractivity contribution in [3.05, 3.63) is 54.4 Å². The molecule has 0 fully saturated rings. The first-order valence-electron chi connectivity index (χ1n) is 8.00. The molecule has 0 unspecified atom stereocenters. The molecule has 0 saturated carbocycles. The molecule has 0 aliphatic carbocycles. The van der Waals surface area contributed by atoms with Crippen molar-refractivity contribution < 1.29 is 13.2 Å². The Bertz CT molecular complexity index is 788. The number of carbonyl (C=O) groups is 1. The Balaban J connectivity index is 2.01. The molecule has 7 nitrogen and oxygen atoms in total. The quantitative estimate of drug-likeness (QED) is 0.791. The van der Waals surface area contributed by atoms with Crippen molar-refractivity contribution in [1.29, 1.82) is 0 Å². The van der Waals surface area contributed by atoms with Crippen molar-refractivity contribution in [1.82, 2.24) is 14.6 Å². The highest BCUT2D eigenvalue weighted by molar-refractivity contribution is 7.89. The van der Waals surface area contributed by atoms with Gasteiger partial charge in [-0.3, -0.25) is 4.98 Å². The van der Waals surface area contributed by atoms with Crippen molar-refractivity contribution >= 4 is 21.7 Å². The summed E-state index contributed by atoms with van der Waals surface area (Å²) in [6.45, 7) is 5.16. The number of hydrogen-bond donors (Lipinski definition) is 2. The number of benzene rings is 1. The molecule has 0 radical (unpaired) electrons. The van der Waals surface area contributed by atoms with Gasteiger partial charge in [-0.15, -0.1) is 0 Å². The number of aromatic nitrogens is 1. The fourth-order valence-electron chi connectivity index (χ4n) is 2.20. The zero-order chi connectivity index (χ0) is 18.3. The zero-order valence-electron chi connectivity index (χ0n) is 14.3. The van der Waals surface area contributed by atoms with Crippen LogP contribution in [0.3, 0.4) is 0 Å². The van der Waals surface area contributed by atoms with Crippen LogP contribution in [0.1, 0.15) is 19.4 Å². The smallest absolute Gasteiger partial charge is 0.321 e. The normalized spacial score (nSPS) is 11.1. The maximum absolute atomic E-state index is 12.3. The van der Waals surface area contributed by atoms with Crippen molar-refractivity contribution in [3.63, 3.8) is 0 Å². The van der Waals surface area contributed by atoms with Crippen LogP contribution in [0.2, 0.25) is 0 Å². The van der Waals surface area contributed by atoms with E-state index in [1.807, 2.05) is 13.8 Å². The van der Waals surface area contributed by atoms with Gasteiger partial charge in [-0.25, -0.2) is 17.9 Å². The van der Waals surface area contributed by atoms with Crippen LogP contribution in [0.25, 0.3) is 0 Å². The Morgan fingerprint density at radius 2 is 1.80 bits per heavy atom. The summed E-state index contributed by atoms with van der Waals surface area (Å²) in [5.74, 6) is 0. The van der Waals surface area contributed by atoms with Crippen molar-refractivity contribution in [2.45, 2.75) is 25.3 Å². The molecule has 0 spiro atoms. The highest BCUT2D eigenvalue weighted by atomic mass is 32.2. The Labute approximate surface area is 148 Å². The number of rotatable bonds is 7. The van der Waals surface area contributed by atoms with Gasteiger partial charge < -0.3 is 10.2 Å². The Morgan fingerprint density at radius 1 is 1.12 bits per heavy atom. The van der Waals surface area contributed by atoms with E-state index < -0.39 is 10.0 Å². The van der Waals surface area contributed by atoms with Crippen LogP contribution < -0.4 is 10.0 Å². The molecule has 0 bridgehead atoms. The summed E-state index contributed by atoms with van der Waals surface area (Å²) in [7, 11) is -3.63. The van der Waals surface area contributed by atoms with Crippen molar-refractivity contribution in [3.8, 4) is 0 Å². The van der Waals surface area contributed by atoms with Crippen molar-refractivity contribution in [2.24, 2.45) is 0 Å². The number of sulfonamides is 1. The van der Waals surface area contributed by atoms with E-state index in [1.165, 1.54) is 12.1 Å². The number of urea groups is 1. The molecule has 8 heteroatoms. The lowest BCUT2D eigenvalue weighted by Crippen LogP contribution is -2.34. The first-order chi connectivity index (χ1) is 12.0. The van der Waals surface area contributed by atoms with E-state index in [0.717, 1.165) is 5.56 Å². The lowest BCUT2D eigenvalue weighted by molar-refractivity contribution is 0.217. The number of nitrogens with zero attached hydrogens (tertiary/aromatic N) is 2. The van der Waals surface area contributed by atoms with Crippen LogP contribution in [-0.4, -0.2) is 37.4 Å². The maximum Gasteiger partial charge on any atom is 0.321 e. The third-order valence-corrected chi connectivity index (χ3v) is 5.07. The molecule has 0 aliphatic heterocycles. The monoisotopic (exact) mass is 362 g/mol. The molecular formula is C17H22N4O3S. The number of nitrogens with one attached hydrogen (secondary N) is 2. The zero-order valence-corrected chi connectivity index (χ0v) is 15.1. The second-order valence-corrected chi connectivity index (χ2v) is 7.08. The molecule has 1 aromatic carbocycles. The number of anilines is 1. The molecule has 2 N–H and O–H groups in total. The van der Waals surface area contributed by atoms with E-state index >= 15 is 0 Å². The first-order valence-corrected chi connectivity index (χ1v) is 9.49. The van der Waals surface area contributed by atoms with Gasteiger partial charge in [-0.2, -0.15) is 0 Å². The van der Waals surface area contributed by atoms with E-state index in [4.69, 9.17) is 0 Å². The molecular weight excluding hydrogens is 340 g/mol. The third-order valence-electron chi connectivity index (χ3n) is 3.66. The molecule has 2 aromatic rings. The molecule has 0 saturated heterocycles. The fraction of sp³-hybridized carbons (Fsp3) is 0.294. The van der Waals surface area contributed by atoms with Crippen LogP contribution in [0.4, 0.5) is 10.5 Å². The topological polar surface area (TPSA) is 91.4 Å². The highest BCUT2D eigenvalue weighted by Crippen LogP contribution is 2.15. The minimum absolute atomic E-state index is 0.136. The van der Waals surface area contributed by atoms with Gasteiger partial charge >= 0.3 is 6.03 Å². The van der Waals surface area contributed by atoms with Gasteiger partial charge in [0.05, 0.1) is 4.90 Å². The van der Waals surface area contributed by atoms with E-state index in [9.17, 15) is 13.2 Å². The molecule has 134 valence electrons. The third kappa shape index (κ3) is 5.27. The molecule has 2 amide bonds. The second-order valence-electron chi connectivity index (χ2n) is 5.31. The number of carbonyl (C=O) groups excluding carboxylic acids is 1. The second kappa shape index (κ2) is 8.59. The Morgan fingerprint density at radius 3 is 2.36 bits per heavy atom. The summed E-state index contributed by atoms with van der Waals surface area (Å²) in [4.78, 5) is 17.7. The SMILES string of the molecule is CCN(CC)C(=O)Nc1ccc(S(=O)(=O)NCc2cccnc2)cc1. The van der Waals surface area contributed by atoms with Gasteiger partial charge in [0.15, 0.2) is 0 Å². The van der Waals surface area contributed by atoms with Gasteiger partial charge in [0.1, 0.15) is 0 Å². The number of hydrogen-bond acceptors (Lipinski definition) is 4. The van der Waals surface area contributed by atoms with Crippen LogP contribution in [0.5, 0.6) is 0 Å². The van der Waals surface area contributed by atoms with Gasteiger partial charge in [-0.1, -0.05) is 6.07 Å². The Kier molecular flexibility index (Phi) is 6.49. The minimum atomic E-state index is -3.63. The van der Waals surface area contributed by atoms with Gasteiger partial charge in [-0.05, 0) is 49.7 Å². The summed E-state index contributed by atoms with van der Waals surface area (Å²) in [6.07, 6.45) is 3.23. The number of amides is 2. The average molecular weight is 362 g/mol. The van der Waals surface area contributed by atoms with E-state index in [-0.39, 0.29) is 17.5 Å².